The molecule has 112 valence electrons. The third-order valence-corrected chi connectivity index (χ3v) is 3.98. The lowest BCUT2D eigenvalue weighted by Crippen LogP contribution is -1.98. The molecular formula is C17H15NO3S. The summed E-state index contributed by atoms with van der Waals surface area (Å²) in [7, 11) is 0. The number of ketones is 1. The van der Waals surface area contributed by atoms with Gasteiger partial charge in [-0.05, 0) is 37.0 Å². The second kappa shape index (κ2) is 7.04. The van der Waals surface area contributed by atoms with Crippen LogP contribution in [0.15, 0.2) is 53.4 Å². The van der Waals surface area contributed by atoms with E-state index in [0.29, 0.717) is 11.1 Å². The van der Waals surface area contributed by atoms with Crippen LogP contribution in [0.3, 0.4) is 0 Å². The van der Waals surface area contributed by atoms with E-state index in [2.05, 4.69) is 0 Å². The van der Waals surface area contributed by atoms with Crippen LogP contribution in [0.1, 0.15) is 21.5 Å². The first-order valence-corrected chi connectivity index (χ1v) is 7.85. The summed E-state index contributed by atoms with van der Waals surface area (Å²) in [6, 6.07) is 12.3. The molecule has 0 aliphatic heterocycles. The van der Waals surface area contributed by atoms with E-state index in [0.717, 1.165) is 10.5 Å². The third-order valence-electron chi connectivity index (χ3n) is 3.23. The topological polar surface area (TPSA) is 60.2 Å². The van der Waals surface area contributed by atoms with Crippen LogP contribution in [-0.4, -0.2) is 17.0 Å². The standard InChI is InChI=1S/C17H15NO3S/c1-12-3-7-14(11-16(12)18(20)21)17(19)10-6-13-4-8-15(22-2)9-5-13/h3-11H,1-2H3/b10-6+. The molecule has 0 fully saturated rings. The van der Waals surface area contributed by atoms with Gasteiger partial charge in [-0.3, -0.25) is 14.9 Å². The molecule has 0 atom stereocenters. The highest BCUT2D eigenvalue weighted by atomic mass is 32.2. The van der Waals surface area contributed by atoms with Crippen LogP contribution in [0.25, 0.3) is 6.08 Å². The molecule has 4 nitrogen and oxygen atoms in total. The Morgan fingerprint density at radius 1 is 1.18 bits per heavy atom. The summed E-state index contributed by atoms with van der Waals surface area (Å²) in [5.41, 5.74) is 1.73. The van der Waals surface area contributed by atoms with Crippen LogP contribution in [0.2, 0.25) is 0 Å². The van der Waals surface area contributed by atoms with Gasteiger partial charge in [-0.15, -0.1) is 11.8 Å². The number of nitro groups is 1. The van der Waals surface area contributed by atoms with E-state index in [1.165, 1.54) is 12.1 Å². The van der Waals surface area contributed by atoms with Crippen LogP contribution in [0.4, 0.5) is 5.69 Å². The Morgan fingerprint density at radius 2 is 1.86 bits per heavy atom. The van der Waals surface area contributed by atoms with Gasteiger partial charge < -0.3 is 0 Å². The van der Waals surface area contributed by atoms with Gasteiger partial charge in [0.25, 0.3) is 5.69 Å². The van der Waals surface area contributed by atoms with Gasteiger partial charge in [0, 0.05) is 22.1 Å². The summed E-state index contributed by atoms with van der Waals surface area (Å²) in [5.74, 6) is -0.253. The van der Waals surface area contributed by atoms with E-state index in [4.69, 9.17) is 0 Å². The van der Waals surface area contributed by atoms with Gasteiger partial charge in [0.05, 0.1) is 4.92 Å². The lowest BCUT2D eigenvalue weighted by molar-refractivity contribution is -0.385. The van der Waals surface area contributed by atoms with Crippen molar-refractivity contribution >= 4 is 29.3 Å². The highest BCUT2D eigenvalue weighted by molar-refractivity contribution is 7.98. The molecule has 0 aliphatic carbocycles. The number of hydrogen-bond acceptors (Lipinski definition) is 4. The molecule has 0 radical (unpaired) electrons. The number of carbonyl (C=O) groups is 1. The molecule has 0 aliphatic rings. The zero-order chi connectivity index (χ0) is 16.1. The Bertz CT molecular complexity index is 736. The minimum Gasteiger partial charge on any atom is -0.289 e. The lowest BCUT2D eigenvalue weighted by atomic mass is 10.1. The SMILES string of the molecule is CSc1ccc(/C=C/C(=O)c2ccc(C)c([N+](=O)[O-])c2)cc1. The van der Waals surface area contributed by atoms with Gasteiger partial charge in [-0.25, -0.2) is 0 Å². The minimum atomic E-state index is -0.475. The summed E-state index contributed by atoms with van der Waals surface area (Å²) in [4.78, 5) is 23.7. The van der Waals surface area contributed by atoms with E-state index in [1.807, 2.05) is 30.5 Å². The molecule has 0 saturated heterocycles. The number of benzene rings is 2. The van der Waals surface area contributed by atoms with Crippen molar-refractivity contribution in [1.82, 2.24) is 0 Å². The van der Waals surface area contributed by atoms with Crippen molar-refractivity contribution in [2.45, 2.75) is 11.8 Å². The predicted octanol–water partition coefficient (Wildman–Crippen LogP) is 4.52. The van der Waals surface area contributed by atoms with E-state index >= 15 is 0 Å². The van der Waals surface area contributed by atoms with Crippen molar-refractivity contribution in [2.24, 2.45) is 0 Å². The molecule has 5 heteroatoms. The maximum Gasteiger partial charge on any atom is 0.273 e. The van der Waals surface area contributed by atoms with E-state index < -0.39 is 4.92 Å². The van der Waals surface area contributed by atoms with Crippen LogP contribution in [-0.2, 0) is 0 Å². The smallest absolute Gasteiger partial charge is 0.273 e. The second-order valence-electron chi connectivity index (χ2n) is 4.73. The highest BCUT2D eigenvalue weighted by Crippen LogP contribution is 2.20. The molecule has 2 aromatic rings. The Balaban J connectivity index is 2.19. The first-order valence-electron chi connectivity index (χ1n) is 6.63. The molecule has 0 heterocycles. The van der Waals surface area contributed by atoms with Gasteiger partial charge in [0.15, 0.2) is 5.78 Å². The molecule has 0 amide bonds. The lowest BCUT2D eigenvalue weighted by Gasteiger charge is -2.00. The molecule has 0 N–H and O–H groups in total. The largest absolute Gasteiger partial charge is 0.289 e. The minimum absolute atomic E-state index is 0.0384. The summed E-state index contributed by atoms with van der Waals surface area (Å²) in [6.45, 7) is 1.65. The molecule has 0 unspecified atom stereocenters. The fraction of sp³-hybridized carbons (Fsp3) is 0.118. The van der Waals surface area contributed by atoms with Gasteiger partial charge in [-0.1, -0.05) is 30.3 Å². The van der Waals surface area contributed by atoms with Crippen molar-refractivity contribution in [3.63, 3.8) is 0 Å². The first-order chi connectivity index (χ1) is 10.5. The maximum absolute atomic E-state index is 12.1. The van der Waals surface area contributed by atoms with Gasteiger partial charge in [-0.2, -0.15) is 0 Å². The molecule has 0 bridgehead atoms. The van der Waals surface area contributed by atoms with Crippen LogP contribution in [0, 0.1) is 17.0 Å². The molecule has 0 saturated carbocycles. The monoisotopic (exact) mass is 313 g/mol. The molecular weight excluding hydrogens is 298 g/mol. The van der Waals surface area contributed by atoms with E-state index in [-0.39, 0.29) is 11.5 Å². The number of hydrogen-bond donors (Lipinski definition) is 0. The summed E-state index contributed by atoms with van der Waals surface area (Å²) in [6.07, 6.45) is 5.14. The normalized spacial score (nSPS) is 10.8. The maximum atomic E-state index is 12.1. The predicted molar refractivity (Wildman–Crippen MR) is 89.4 cm³/mol. The zero-order valence-electron chi connectivity index (χ0n) is 12.3. The number of thioether (sulfide) groups is 1. The summed E-state index contributed by atoms with van der Waals surface area (Å²) >= 11 is 1.65. The molecule has 2 rings (SSSR count). The average Bonchev–Trinajstić information content (AvgIpc) is 2.53. The molecule has 2 aromatic carbocycles. The number of rotatable bonds is 5. The Labute approximate surface area is 133 Å². The summed E-state index contributed by atoms with van der Waals surface area (Å²) < 4.78 is 0. The third kappa shape index (κ3) is 3.83. The van der Waals surface area contributed by atoms with E-state index in [1.54, 1.807) is 36.9 Å². The van der Waals surface area contributed by atoms with Crippen molar-refractivity contribution in [1.29, 1.82) is 0 Å². The molecule has 0 aromatic heterocycles. The van der Waals surface area contributed by atoms with Crippen LogP contribution in [0.5, 0.6) is 0 Å². The highest BCUT2D eigenvalue weighted by Gasteiger charge is 2.13. The second-order valence-corrected chi connectivity index (χ2v) is 5.61. The quantitative estimate of drug-likeness (QED) is 0.268. The molecule has 0 spiro atoms. The fourth-order valence-electron chi connectivity index (χ4n) is 1.94. The molecule has 22 heavy (non-hydrogen) atoms. The van der Waals surface area contributed by atoms with Crippen molar-refractivity contribution in [3.05, 3.63) is 75.3 Å². The van der Waals surface area contributed by atoms with Crippen LogP contribution < -0.4 is 0 Å². The van der Waals surface area contributed by atoms with E-state index in [9.17, 15) is 14.9 Å². The van der Waals surface area contributed by atoms with Crippen molar-refractivity contribution < 1.29 is 9.72 Å². The Hall–Kier alpha value is -2.40. The number of allylic oxidation sites excluding steroid dienone is 1. The Morgan fingerprint density at radius 3 is 2.45 bits per heavy atom. The van der Waals surface area contributed by atoms with Crippen molar-refractivity contribution in [2.75, 3.05) is 6.26 Å². The van der Waals surface area contributed by atoms with Crippen molar-refractivity contribution in [3.8, 4) is 0 Å². The average molecular weight is 313 g/mol. The van der Waals surface area contributed by atoms with Crippen LogP contribution >= 0.6 is 11.8 Å². The number of aryl methyl sites for hydroxylation is 1. The van der Waals surface area contributed by atoms with Gasteiger partial charge in [0.2, 0.25) is 0 Å². The number of carbonyl (C=O) groups excluding carboxylic acids is 1. The number of nitro benzene ring substituents is 1. The van der Waals surface area contributed by atoms with Gasteiger partial charge in [0.1, 0.15) is 0 Å². The zero-order valence-corrected chi connectivity index (χ0v) is 13.1. The first kappa shape index (κ1) is 16.0. The Kier molecular flexibility index (Phi) is 5.12. The fourth-order valence-corrected chi connectivity index (χ4v) is 2.35. The summed E-state index contributed by atoms with van der Waals surface area (Å²) in [5, 5.41) is 10.9. The number of nitrogens with zero attached hydrogens (tertiary/aromatic N) is 1. The van der Waals surface area contributed by atoms with Gasteiger partial charge >= 0.3 is 0 Å².